The number of halogens is 1. The summed E-state index contributed by atoms with van der Waals surface area (Å²) in [6, 6.07) is 2.13. The van der Waals surface area contributed by atoms with Gasteiger partial charge in [0.15, 0.2) is 0 Å². The molecule has 1 fully saturated rings. The van der Waals surface area contributed by atoms with E-state index in [9.17, 15) is 4.79 Å². The third-order valence-electron chi connectivity index (χ3n) is 3.28. The zero-order chi connectivity index (χ0) is 13.3. The predicted molar refractivity (Wildman–Crippen MR) is 77.9 cm³/mol. The third-order valence-corrected chi connectivity index (χ3v) is 3.28. The Morgan fingerprint density at radius 2 is 2.21 bits per heavy atom. The largest absolute Gasteiger partial charge is 0.347 e. The Hall–Kier alpha value is -1.07. The summed E-state index contributed by atoms with van der Waals surface area (Å²) in [4.78, 5) is 12.2. The summed E-state index contributed by atoms with van der Waals surface area (Å²) >= 11 is 0. The van der Waals surface area contributed by atoms with E-state index in [1.54, 1.807) is 4.68 Å². The highest BCUT2D eigenvalue weighted by atomic mass is 35.5. The van der Waals surface area contributed by atoms with E-state index in [-0.39, 0.29) is 29.8 Å². The van der Waals surface area contributed by atoms with Crippen molar-refractivity contribution < 1.29 is 4.79 Å². The van der Waals surface area contributed by atoms with Gasteiger partial charge in [-0.2, -0.15) is 5.10 Å². The average molecular weight is 287 g/mol. The second kappa shape index (κ2) is 5.92. The summed E-state index contributed by atoms with van der Waals surface area (Å²) in [6.45, 7) is 8.12. The maximum Gasteiger partial charge on any atom is 0.269 e. The first-order valence-corrected chi connectivity index (χ1v) is 6.44. The summed E-state index contributed by atoms with van der Waals surface area (Å²) in [5.74, 6) is -0.0331. The van der Waals surface area contributed by atoms with E-state index in [2.05, 4.69) is 36.5 Å². The van der Waals surface area contributed by atoms with Crippen LogP contribution in [-0.2, 0) is 12.5 Å². The molecule has 0 bridgehead atoms. The smallest absolute Gasteiger partial charge is 0.269 e. The highest BCUT2D eigenvalue weighted by molar-refractivity contribution is 5.93. The van der Waals surface area contributed by atoms with Crippen molar-refractivity contribution in [3.63, 3.8) is 0 Å². The first-order chi connectivity index (χ1) is 8.38. The van der Waals surface area contributed by atoms with Crippen LogP contribution in [-0.4, -0.2) is 34.8 Å². The van der Waals surface area contributed by atoms with Crippen molar-refractivity contribution in [3.05, 3.63) is 17.5 Å². The molecule has 5 nitrogen and oxygen atoms in total. The van der Waals surface area contributed by atoms with Gasteiger partial charge >= 0.3 is 0 Å². The second-order valence-corrected chi connectivity index (χ2v) is 5.95. The summed E-state index contributed by atoms with van der Waals surface area (Å²) in [5, 5.41) is 10.7. The van der Waals surface area contributed by atoms with Crippen LogP contribution >= 0.6 is 12.4 Å². The summed E-state index contributed by atoms with van der Waals surface area (Å²) in [7, 11) is 1.82. The second-order valence-electron chi connectivity index (χ2n) is 5.95. The highest BCUT2D eigenvalue weighted by Crippen LogP contribution is 2.21. The van der Waals surface area contributed by atoms with Gasteiger partial charge in [0.05, 0.1) is 5.69 Å². The minimum absolute atomic E-state index is 0. The standard InChI is InChI=1S/C13H22N4O.ClH/c1-13(2,3)11-7-10(17(4)16-11)12(18)15-9-5-6-14-8-9;/h7,9,14H,5-6,8H2,1-4H3,(H,15,18);1H. The lowest BCUT2D eigenvalue weighted by Crippen LogP contribution is -2.37. The number of aromatic nitrogens is 2. The fourth-order valence-electron chi connectivity index (χ4n) is 2.08. The molecule has 1 aromatic rings. The number of hydrogen-bond donors (Lipinski definition) is 2. The van der Waals surface area contributed by atoms with E-state index in [0.717, 1.165) is 25.2 Å². The van der Waals surface area contributed by atoms with Gasteiger partial charge in [-0.05, 0) is 19.0 Å². The molecule has 1 amide bonds. The summed E-state index contributed by atoms with van der Waals surface area (Å²) in [5.41, 5.74) is 1.54. The summed E-state index contributed by atoms with van der Waals surface area (Å²) in [6.07, 6.45) is 0.996. The molecule has 1 saturated heterocycles. The predicted octanol–water partition coefficient (Wildman–Crippen LogP) is 1.23. The van der Waals surface area contributed by atoms with Gasteiger partial charge in [0, 0.05) is 25.0 Å². The molecule has 0 aliphatic carbocycles. The molecule has 1 aromatic heterocycles. The van der Waals surface area contributed by atoms with E-state index in [0.29, 0.717) is 5.69 Å². The van der Waals surface area contributed by atoms with Crippen LogP contribution in [0.5, 0.6) is 0 Å². The minimum Gasteiger partial charge on any atom is -0.347 e. The van der Waals surface area contributed by atoms with Gasteiger partial charge in [-0.3, -0.25) is 9.48 Å². The Morgan fingerprint density at radius 3 is 2.68 bits per heavy atom. The Bertz CT molecular complexity index is 444. The van der Waals surface area contributed by atoms with Gasteiger partial charge in [-0.25, -0.2) is 0 Å². The molecule has 1 atom stereocenters. The van der Waals surface area contributed by atoms with Crippen molar-refractivity contribution >= 4 is 18.3 Å². The lowest BCUT2D eigenvalue weighted by atomic mass is 9.92. The topological polar surface area (TPSA) is 59.0 Å². The first kappa shape index (κ1) is 16.0. The monoisotopic (exact) mass is 286 g/mol. The highest BCUT2D eigenvalue weighted by Gasteiger charge is 2.23. The molecule has 1 unspecified atom stereocenters. The van der Waals surface area contributed by atoms with Crippen molar-refractivity contribution in [2.24, 2.45) is 7.05 Å². The molecular formula is C13H23ClN4O. The SMILES string of the molecule is Cl.Cn1nc(C(C)(C)C)cc1C(=O)NC1CCNC1. The number of amides is 1. The fraction of sp³-hybridized carbons (Fsp3) is 0.692. The Morgan fingerprint density at radius 1 is 1.53 bits per heavy atom. The van der Waals surface area contributed by atoms with Crippen LogP contribution in [0.15, 0.2) is 6.07 Å². The Labute approximate surface area is 120 Å². The molecule has 2 rings (SSSR count). The van der Waals surface area contributed by atoms with E-state index < -0.39 is 0 Å². The number of aryl methyl sites for hydroxylation is 1. The molecule has 1 aliphatic rings. The van der Waals surface area contributed by atoms with Crippen molar-refractivity contribution in [1.82, 2.24) is 20.4 Å². The average Bonchev–Trinajstić information content (AvgIpc) is 2.85. The van der Waals surface area contributed by atoms with Crippen LogP contribution in [0.1, 0.15) is 43.4 Å². The lowest BCUT2D eigenvalue weighted by Gasteiger charge is -2.13. The molecular weight excluding hydrogens is 264 g/mol. The Kier molecular flexibility index (Phi) is 4.98. The molecule has 0 spiro atoms. The Balaban J connectivity index is 0.00000180. The number of rotatable bonds is 2. The lowest BCUT2D eigenvalue weighted by molar-refractivity contribution is 0.0930. The quantitative estimate of drug-likeness (QED) is 0.860. The molecule has 0 radical (unpaired) electrons. The van der Waals surface area contributed by atoms with Gasteiger partial charge in [0.25, 0.3) is 5.91 Å². The van der Waals surface area contributed by atoms with Crippen molar-refractivity contribution in [2.45, 2.75) is 38.6 Å². The molecule has 108 valence electrons. The molecule has 2 N–H and O–H groups in total. The normalized spacial score (nSPS) is 19.1. The zero-order valence-corrected chi connectivity index (χ0v) is 12.8. The molecule has 6 heteroatoms. The number of carbonyl (C=O) groups excluding carboxylic acids is 1. The van der Waals surface area contributed by atoms with E-state index >= 15 is 0 Å². The van der Waals surface area contributed by atoms with Gasteiger partial charge in [-0.15, -0.1) is 12.4 Å². The van der Waals surface area contributed by atoms with Crippen LogP contribution < -0.4 is 10.6 Å². The van der Waals surface area contributed by atoms with E-state index in [1.807, 2.05) is 13.1 Å². The van der Waals surface area contributed by atoms with Crippen LogP contribution in [0, 0.1) is 0 Å². The maximum atomic E-state index is 12.2. The van der Waals surface area contributed by atoms with Crippen LogP contribution in [0.4, 0.5) is 0 Å². The van der Waals surface area contributed by atoms with Gasteiger partial charge in [-0.1, -0.05) is 20.8 Å². The third kappa shape index (κ3) is 3.70. The van der Waals surface area contributed by atoms with Crippen molar-refractivity contribution in [3.8, 4) is 0 Å². The molecule has 2 heterocycles. The maximum absolute atomic E-state index is 12.2. The molecule has 19 heavy (non-hydrogen) atoms. The van der Waals surface area contributed by atoms with Gasteiger partial charge in [0.2, 0.25) is 0 Å². The number of carbonyl (C=O) groups is 1. The fourth-order valence-corrected chi connectivity index (χ4v) is 2.08. The molecule has 0 saturated carbocycles. The zero-order valence-electron chi connectivity index (χ0n) is 12.0. The van der Waals surface area contributed by atoms with Crippen LogP contribution in [0.25, 0.3) is 0 Å². The number of nitrogens with zero attached hydrogens (tertiary/aromatic N) is 2. The minimum atomic E-state index is -0.0365. The number of nitrogens with one attached hydrogen (secondary N) is 2. The number of hydrogen-bond acceptors (Lipinski definition) is 3. The molecule has 1 aliphatic heterocycles. The van der Waals surface area contributed by atoms with E-state index in [1.165, 1.54) is 0 Å². The van der Waals surface area contributed by atoms with E-state index in [4.69, 9.17) is 0 Å². The van der Waals surface area contributed by atoms with Crippen LogP contribution in [0.2, 0.25) is 0 Å². The van der Waals surface area contributed by atoms with Gasteiger partial charge in [0.1, 0.15) is 5.69 Å². The van der Waals surface area contributed by atoms with Crippen LogP contribution in [0.3, 0.4) is 0 Å². The summed E-state index contributed by atoms with van der Waals surface area (Å²) < 4.78 is 1.66. The van der Waals surface area contributed by atoms with Gasteiger partial charge < -0.3 is 10.6 Å². The van der Waals surface area contributed by atoms with Crippen molar-refractivity contribution in [1.29, 1.82) is 0 Å². The van der Waals surface area contributed by atoms with Crippen molar-refractivity contribution in [2.75, 3.05) is 13.1 Å². The first-order valence-electron chi connectivity index (χ1n) is 6.44. The molecule has 0 aromatic carbocycles.